The Kier molecular flexibility index (Phi) is 12.6. The predicted molar refractivity (Wildman–Crippen MR) is 98.1 cm³/mol. The molecule has 5 heteroatoms. The summed E-state index contributed by atoms with van der Waals surface area (Å²) in [4.78, 5) is 4.52. The summed E-state index contributed by atoms with van der Waals surface area (Å²) in [5, 5.41) is 18.1. The van der Waals surface area contributed by atoms with Gasteiger partial charge in [0.05, 0.1) is 19.8 Å². The molecule has 138 valence electrons. The second kappa shape index (κ2) is 14.4. The number of benzene rings is 1. The number of aliphatic hydroxyl groups excluding tert-OH is 2. The largest absolute Gasteiger partial charge is 0.395 e. The van der Waals surface area contributed by atoms with Crippen LogP contribution in [0.3, 0.4) is 0 Å². The number of nitrogens with zero attached hydrogens (tertiary/aromatic N) is 2. The van der Waals surface area contributed by atoms with E-state index in [4.69, 9.17) is 14.9 Å². The van der Waals surface area contributed by atoms with Crippen molar-refractivity contribution in [3.8, 4) is 0 Å². The van der Waals surface area contributed by atoms with Gasteiger partial charge >= 0.3 is 0 Å². The molecule has 0 spiro atoms. The Morgan fingerprint density at radius 3 is 2.12 bits per heavy atom. The minimum absolute atomic E-state index is 0.144. The summed E-state index contributed by atoms with van der Waals surface area (Å²) in [5.41, 5.74) is 1.22. The minimum atomic E-state index is 0.144. The molecule has 1 rings (SSSR count). The Balaban J connectivity index is 2.08. The zero-order valence-corrected chi connectivity index (χ0v) is 15.1. The topological polar surface area (TPSA) is 56.2 Å². The van der Waals surface area contributed by atoms with E-state index in [0.29, 0.717) is 19.7 Å². The molecule has 1 aromatic carbocycles. The molecule has 24 heavy (non-hydrogen) atoms. The number of rotatable bonds is 15. The Morgan fingerprint density at radius 2 is 1.50 bits per heavy atom. The first-order valence-corrected chi connectivity index (χ1v) is 9.08. The predicted octanol–water partition coefficient (Wildman–Crippen LogP) is 1.59. The summed E-state index contributed by atoms with van der Waals surface area (Å²) >= 11 is 0. The van der Waals surface area contributed by atoms with Crippen LogP contribution in [0.1, 0.15) is 25.3 Å². The molecule has 0 heterocycles. The molecule has 0 aliphatic heterocycles. The van der Waals surface area contributed by atoms with Crippen molar-refractivity contribution in [2.75, 3.05) is 59.1 Å². The van der Waals surface area contributed by atoms with Crippen molar-refractivity contribution in [1.82, 2.24) is 9.80 Å². The van der Waals surface area contributed by atoms with Crippen LogP contribution < -0.4 is 0 Å². The van der Waals surface area contributed by atoms with Crippen LogP contribution >= 0.6 is 0 Å². The third-order valence-electron chi connectivity index (χ3n) is 4.14. The van der Waals surface area contributed by atoms with E-state index in [1.807, 2.05) is 18.2 Å². The lowest BCUT2D eigenvalue weighted by Gasteiger charge is -2.26. The highest BCUT2D eigenvalue weighted by atomic mass is 16.5. The Morgan fingerprint density at radius 1 is 0.833 bits per heavy atom. The standard InChI is InChI=1S/C19H34N2O3/c1-2-20(11-12-21(13-15-22)14-16-23)10-6-7-17-24-18-19-8-4-3-5-9-19/h3-5,8-9,22-23H,2,6-7,10-18H2,1H3. The SMILES string of the molecule is CCN(CCCCOCc1ccccc1)CCN(CCO)CCO. The zero-order valence-electron chi connectivity index (χ0n) is 15.1. The Hall–Kier alpha value is -0.980. The first kappa shape index (κ1) is 21.1. The van der Waals surface area contributed by atoms with Gasteiger partial charge in [-0.1, -0.05) is 37.3 Å². The second-order valence-corrected chi connectivity index (χ2v) is 5.97. The van der Waals surface area contributed by atoms with E-state index in [0.717, 1.165) is 45.6 Å². The maximum Gasteiger partial charge on any atom is 0.0716 e. The maximum atomic E-state index is 9.04. The molecule has 0 bridgehead atoms. The Bertz CT molecular complexity index is 383. The Labute approximate surface area is 146 Å². The van der Waals surface area contributed by atoms with Gasteiger partial charge in [-0.3, -0.25) is 4.90 Å². The van der Waals surface area contributed by atoms with Gasteiger partial charge in [-0.25, -0.2) is 0 Å². The summed E-state index contributed by atoms with van der Waals surface area (Å²) in [6.45, 7) is 9.17. The third-order valence-corrected chi connectivity index (χ3v) is 4.14. The summed E-state index contributed by atoms with van der Waals surface area (Å²) in [6.07, 6.45) is 2.20. The van der Waals surface area contributed by atoms with E-state index in [-0.39, 0.29) is 13.2 Å². The fraction of sp³-hybridized carbons (Fsp3) is 0.684. The lowest BCUT2D eigenvalue weighted by Crippen LogP contribution is -2.38. The molecule has 0 radical (unpaired) electrons. The van der Waals surface area contributed by atoms with E-state index >= 15 is 0 Å². The van der Waals surface area contributed by atoms with Crippen LogP contribution in [-0.2, 0) is 11.3 Å². The van der Waals surface area contributed by atoms with Crippen molar-refractivity contribution >= 4 is 0 Å². The van der Waals surface area contributed by atoms with Crippen LogP contribution in [0.25, 0.3) is 0 Å². The highest BCUT2D eigenvalue weighted by Crippen LogP contribution is 2.02. The normalized spacial score (nSPS) is 11.5. The highest BCUT2D eigenvalue weighted by Gasteiger charge is 2.07. The molecular weight excluding hydrogens is 304 g/mol. The van der Waals surface area contributed by atoms with Crippen molar-refractivity contribution in [2.45, 2.75) is 26.4 Å². The molecule has 0 unspecified atom stereocenters. The quantitative estimate of drug-likeness (QED) is 0.476. The van der Waals surface area contributed by atoms with E-state index in [1.165, 1.54) is 5.56 Å². The lowest BCUT2D eigenvalue weighted by atomic mass is 10.2. The molecule has 0 saturated carbocycles. The van der Waals surface area contributed by atoms with Crippen molar-refractivity contribution in [1.29, 1.82) is 0 Å². The van der Waals surface area contributed by atoms with Gasteiger partial charge in [0.1, 0.15) is 0 Å². The summed E-state index contributed by atoms with van der Waals surface area (Å²) < 4.78 is 5.71. The van der Waals surface area contributed by atoms with Crippen LogP contribution in [0.4, 0.5) is 0 Å². The minimum Gasteiger partial charge on any atom is -0.395 e. The second-order valence-electron chi connectivity index (χ2n) is 5.97. The molecule has 0 fully saturated rings. The van der Waals surface area contributed by atoms with Crippen LogP contribution in [0.15, 0.2) is 30.3 Å². The number of ether oxygens (including phenoxy) is 1. The molecule has 0 saturated heterocycles. The molecule has 5 nitrogen and oxygen atoms in total. The molecule has 2 N–H and O–H groups in total. The van der Waals surface area contributed by atoms with E-state index in [9.17, 15) is 0 Å². The monoisotopic (exact) mass is 338 g/mol. The highest BCUT2D eigenvalue weighted by molar-refractivity contribution is 5.13. The van der Waals surface area contributed by atoms with Crippen molar-refractivity contribution < 1.29 is 14.9 Å². The lowest BCUT2D eigenvalue weighted by molar-refractivity contribution is 0.112. The molecule has 0 atom stereocenters. The smallest absolute Gasteiger partial charge is 0.0716 e. The van der Waals surface area contributed by atoms with Gasteiger partial charge in [-0.15, -0.1) is 0 Å². The molecular formula is C19H34N2O3. The molecule has 0 aromatic heterocycles. The van der Waals surface area contributed by atoms with Gasteiger partial charge < -0.3 is 19.8 Å². The zero-order chi connectivity index (χ0) is 17.5. The van der Waals surface area contributed by atoms with Crippen molar-refractivity contribution in [3.05, 3.63) is 35.9 Å². The molecule has 0 amide bonds. The molecule has 0 aliphatic rings. The van der Waals surface area contributed by atoms with Crippen LogP contribution in [0, 0.1) is 0 Å². The fourth-order valence-corrected chi connectivity index (χ4v) is 2.63. The molecule has 1 aromatic rings. The van der Waals surface area contributed by atoms with E-state index < -0.39 is 0 Å². The molecule has 0 aliphatic carbocycles. The number of likely N-dealkylation sites (N-methyl/N-ethyl adjacent to an activating group) is 1. The third kappa shape index (κ3) is 10.0. The first-order valence-electron chi connectivity index (χ1n) is 9.08. The number of aliphatic hydroxyl groups is 2. The van der Waals surface area contributed by atoms with Crippen LogP contribution in [-0.4, -0.2) is 79.1 Å². The van der Waals surface area contributed by atoms with Crippen LogP contribution in [0.5, 0.6) is 0 Å². The van der Waals surface area contributed by atoms with Gasteiger partial charge in [0.25, 0.3) is 0 Å². The number of unbranched alkanes of at least 4 members (excludes halogenated alkanes) is 1. The van der Waals surface area contributed by atoms with Crippen molar-refractivity contribution in [3.63, 3.8) is 0 Å². The fourth-order valence-electron chi connectivity index (χ4n) is 2.63. The first-order chi connectivity index (χ1) is 11.8. The summed E-state index contributed by atoms with van der Waals surface area (Å²) in [7, 11) is 0. The van der Waals surface area contributed by atoms with Crippen LogP contribution in [0.2, 0.25) is 0 Å². The maximum absolute atomic E-state index is 9.04. The van der Waals surface area contributed by atoms with Gasteiger partial charge in [0.2, 0.25) is 0 Å². The number of hydrogen-bond acceptors (Lipinski definition) is 5. The van der Waals surface area contributed by atoms with E-state index in [1.54, 1.807) is 0 Å². The van der Waals surface area contributed by atoms with E-state index in [2.05, 4.69) is 28.9 Å². The number of hydrogen-bond donors (Lipinski definition) is 2. The van der Waals surface area contributed by atoms with Crippen molar-refractivity contribution in [2.24, 2.45) is 0 Å². The average Bonchev–Trinajstić information content (AvgIpc) is 2.61. The summed E-state index contributed by atoms with van der Waals surface area (Å²) in [6, 6.07) is 10.3. The summed E-state index contributed by atoms with van der Waals surface area (Å²) in [5.74, 6) is 0. The van der Waals surface area contributed by atoms with Gasteiger partial charge in [-0.05, 0) is 31.5 Å². The van der Waals surface area contributed by atoms with Gasteiger partial charge in [-0.2, -0.15) is 0 Å². The van der Waals surface area contributed by atoms with Gasteiger partial charge in [0.15, 0.2) is 0 Å². The van der Waals surface area contributed by atoms with Gasteiger partial charge in [0, 0.05) is 32.8 Å². The average molecular weight is 338 g/mol.